The zero-order chi connectivity index (χ0) is 26.7. The molecule has 0 saturated carbocycles. The molecule has 0 fully saturated rings. The second kappa shape index (κ2) is 13.4. The lowest BCUT2D eigenvalue weighted by Crippen LogP contribution is -2.22. The smallest absolute Gasteiger partial charge is 0.223 e. The molecule has 5 aromatic rings. The van der Waals surface area contributed by atoms with E-state index in [0.717, 1.165) is 43.1 Å². The number of imidazole rings is 1. The van der Waals surface area contributed by atoms with E-state index >= 15 is 0 Å². The molecule has 0 unspecified atom stereocenters. The molecule has 1 N–H and O–H groups in total. The molecule has 5 rings (SSSR count). The Morgan fingerprint density at radius 1 is 0.842 bits per heavy atom. The van der Waals surface area contributed by atoms with Crippen LogP contribution in [0.15, 0.2) is 91.4 Å². The number of nitrogens with zero attached hydrogens (tertiary/aromatic N) is 5. The molecule has 0 aliphatic carbocycles. The van der Waals surface area contributed by atoms with Crippen LogP contribution in [-0.2, 0) is 19.5 Å². The molecule has 6 nitrogen and oxygen atoms in total. The first-order valence-electron chi connectivity index (χ1n) is 13.1. The lowest BCUT2D eigenvalue weighted by atomic mass is 10.2. The normalized spacial score (nSPS) is 10.9. The van der Waals surface area contributed by atoms with Crippen LogP contribution < -0.4 is 5.32 Å². The summed E-state index contributed by atoms with van der Waals surface area (Å²) >= 11 is 0. The summed E-state index contributed by atoms with van der Waals surface area (Å²) in [5.41, 5.74) is 6.38. The van der Waals surface area contributed by atoms with E-state index in [-0.39, 0.29) is 5.82 Å². The highest BCUT2D eigenvalue weighted by atomic mass is 19.1. The van der Waals surface area contributed by atoms with Crippen molar-refractivity contribution in [3.05, 3.63) is 114 Å². The topological polar surface area (TPSA) is 58.4 Å². The van der Waals surface area contributed by atoms with Gasteiger partial charge in [0.1, 0.15) is 11.5 Å². The van der Waals surface area contributed by atoms with Crippen LogP contribution in [0.2, 0.25) is 0 Å². The Labute approximate surface area is 224 Å². The number of hydrogen-bond donors (Lipinski definition) is 1. The van der Waals surface area contributed by atoms with Crippen molar-refractivity contribution in [1.29, 1.82) is 0 Å². The van der Waals surface area contributed by atoms with E-state index in [0.29, 0.717) is 12.5 Å². The molecule has 0 amide bonds. The molecule has 0 spiro atoms. The van der Waals surface area contributed by atoms with Crippen LogP contribution >= 0.6 is 0 Å². The van der Waals surface area contributed by atoms with Gasteiger partial charge in [-0.2, -0.15) is 0 Å². The number of halogens is 1. The van der Waals surface area contributed by atoms with Crippen LogP contribution in [0, 0.1) is 5.82 Å². The Morgan fingerprint density at radius 2 is 1.61 bits per heavy atom. The summed E-state index contributed by atoms with van der Waals surface area (Å²) in [5.74, 6) is 0.451. The van der Waals surface area contributed by atoms with Gasteiger partial charge in [0, 0.05) is 25.5 Å². The minimum Gasteiger partial charge on any atom is -0.350 e. The van der Waals surface area contributed by atoms with Crippen LogP contribution in [-0.4, -0.2) is 37.3 Å². The predicted molar refractivity (Wildman–Crippen MR) is 152 cm³/mol. The number of anilines is 1. The minimum atomic E-state index is -0.160. The fourth-order valence-electron chi connectivity index (χ4n) is 4.10. The maximum absolute atomic E-state index is 12.2. The first-order valence-corrected chi connectivity index (χ1v) is 13.1. The highest BCUT2D eigenvalue weighted by Gasteiger charge is 2.10. The Kier molecular flexibility index (Phi) is 9.54. The third-order valence-electron chi connectivity index (χ3n) is 6.41. The van der Waals surface area contributed by atoms with Gasteiger partial charge in [-0.05, 0) is 66.5 Å². The number of benzene rings is 2. The fourth-order valence-corrected chi connectivity index (χ4v) is 4.10. The van der Waals surface area contributed by atoms with Gasteiger partial charge in [0.15, 0.2) is 0 Å². The molecule has 3 heterocycles. The van der Waals surface area contributed by atoms with Crippen molar-refractivity contribution in [1.82, 2.24) is 24.3 Å². The summed E-state index contributed by atoms with van der Waals surface area (Å²) in [6, 6.07) is 23.0. The van der Waals surface area contributed by atoms with Gasteiger partial charge >= 0.3 is 0 Å². The number of hydrogen-bond acceptors (Lipinski definition) is 5. The van der Waals surface area contributed by atoms with Crippen molar-refractivity contribution in [2.75, 3.05) is 18.4 Å². The van der Waals surface area contributed by atoms with Gasteiger partial charge in [-0.15, -0.1) is 0 Å². The van der Waals surface area contributed by atoms with Gasteiger partial charge in [0.05, 0.1) is 17.6 Å². The highest BCUT2D eigenvalue weighted by molar-refractivity contribution is 5.61. The Bertz CT molecular complexity index is 1410. The van der Waals surface area contributed by atoms with Crippen LogP contribution in [0.5, 0.6) is 0 Å². The minimum absolute atomic E-state index is 0.160. The van der Waals surface area contributed by atoms with Gasteiger partial charge in [0.25, 0.3) is 0 Å². The molecule has 3 aromatic heterocycles. The first-order chi connectivity index (χ1) is 18.6. The zero-order valence-corrected chi connectivity index (χ0v) is 22.3. The number of nitrogens with one attached hydrogen (secondary N) is 1. The molecule has 0 aliphatic heterocycles. The first kappa shape index (κ1) is 26.9. The molecule has 0 saturated heterocycles. The molecule has 7 heteroatoms. The van der Waals surface area contributed by atoms with Gasteiger partial charge in [-0.25, -0.2) is 19.3 Å². The molecule has 0 atom stereocenters. The third-order valence-corrected chi connectivity index (χ3v) is 6.41. The van der Waals surface area contributed by atoms with Crippen molar-refractivity contribution < 1.29 is 4.39 Å². The molecule has 2 aromatic carbocycles. The summed E-state index contributed by atoms with van der Waals surface area (Å²) in [4.78, 5) is 16.0. The van der Waals surface area contributed by atoms with Crippen molar-refractivity contribution in [3.8, 4) is 11.4 Å². The molecule has 0 bridgehead atoms. The lowest BCUT2D eigenvalue weighted by Gasteiger charge is -2.17. The second-order valence-electron chi connectivity index (χ2n) is 8.95. The Balaban J connectivity index is 0.000000317. The van der Waals surface area contributed by atoms with E-state index in [1.165, 1.54) is 28.8 Å². The Hall–Kier alpha value is -4.10. The quantitative estimate of drug-likeness (QED) is 0.241. The van der Waals surface area contributed by atoms with Crippen molar-refractivity contribution in [2.24, 2.45) is 0 Å². The average molecular weight is 511 g/mol. The van der Waals surface area contributed by atoms with E-state index in [1.54, 1.807) is 18.3 Å². The molecular formula is C31H35FN6. The maximum atomic E-state index is 12.2. The SMILES string of the molecule is CCN(CC)Cc1ccn2c(-c3ccnc(NCc4ccccc4)n3)cnc2c1.CCc1ccc(F)cc1. The van der Waals surface area contributed by atoms with Gasteiger partial charge in [-0.3, -0.25) is 9.30 Å². The summed E-state index contributed by atoms with van der Waals surface area (Å²) in [6.45, 7) is 10.1. The largest absolute Gasteiger partial charge is 0.350 e. The number of aryl methyl sites for hydroxylation is 1. The van der Waals surface area contributed by atoms with Crippen molar-refractivity contribution in [3.63, 3.8) is 0 Å². The second-order valence-corrected chi connectivity index (χ2v) is 8.95. The van der Waals surface area contributed by atoms with E-state index in [1.807, 2.05) is 37.4 Å². The lowest BCUT2D eigenvalue weighted by molar-refractivity contribution is 0.296. The predicted octanol–water partition coefficient (Wildman–Crippen LogP) is 6.63. The Morgan fingerprint density at radius 3 is 2.32 bits per heavy atom. The zero-order valence-electron chi connectivity index (χ0n) is 22.3. The summed E-state index contributed by atoms with van der Waals surface area (Å²) in [7, 11) is 0. The molecule has 38 heavy (non-hydrogen) atoms. The number of pyridine rings is 1. The van der Waals surface area contributed by atoms with E-state index in [4.69, 9.17) is 0 Å². The molecule has 0 radical (unpaired) electrons. The van der Waals surface area contributed by atoms with Crippen LogP contribution in [0.25, 0.3) is 17.0 Å². The number of rotatable bonds is 9. The number of fused-ring (bicyclic) bond motifs is 1. The van der Waals surface area contributed by atoms with Crippen molar-refractivity contribution in [2.45, 2.75) is 40.3 Å². The van der Waals surface area contributed by atoms with E-state index < -0.39 is 0 Å². The molecular weight excluding hydrogens is 475 g/mol. The monoisotopic (exact) mass is 510 g/mol. The molecule has 0 aliphatic rings. The van der Waals surface area contributed by atoms with Gasteiger partial charge in [0.2, 0.25) is 5.95 Å². The van der Waals surface area contributed by atoms with Crippen LogP contribution in [0.3, 0.4) is 0 Å². The van der Waals surface area contributed by atoms with E-state index in [9.17, 15) is 4.39 Å². The highest BCUT2D eigenvalue weighted by Crippen LogP contribution is 2.21. The third kappa shape index (κ3) is 7.23. The maximum Gasteiger partial charge on any atom is 0.223 e. The molecule has 196 valence electrons. The number of aromatic nitrogens is 4. The summed E-state index contributed by atoms with van der Waals surface area (Å²) < 4.78 is 14.3. The van der Waals surface area contributed by atoms with Crippen LogP contribution in [0.1, 0.15) is 37.5 Å². The van der Waals surface area contributed by atoms with Gasteiger partial charge in [-0.1, -0.05) is 63.2 Å². The fraction of sp³-hybridized carbons (Fsp3) is 0.258. The summed E-state index contributed by atoms with van der Waals surface area (Å²) in [6.07, 6.45) is 6.71. The van der Waals surface area contributed by atoms with Crippen LogP contribution in [0.4, 0.5) is 10.3 Å². The average Bonchev–Trinajstić information content (AvgIpc) is 3.40. The standard InChI is InChI=1S/C23H26N6.C8H9F/c1-3-28(4-2)17-19-11-13-29-21(16-25-22(29)14-19)20-10-12-24-23(27-20)26-15-18-8-6-5-7-9-18;1-2-7-3-5-8(9)6-4-7/h5-14,16H,3-4,15,17H2,1-2H3,(H,24,26,27);3-6H,2H2,1H3. The van der Waals surface area contributed by atoms with E-state index in [2.05, 4.69) is 73.9 Å². The van der Waals surface area contributed by atoms with Gasteiger partial charge < -0.3 is 5.32 Å². The van der Waals surface area contributed by atoms with Crippen molar-refractivity contribution >= 4 is 11.6 Å². The summed E-state index contributed by atoms with van der Waals surface area (Å²) in [5, 5.41) is 3.30.